The Kier molecular flexibility index (Phi) is 4.21. The molecule has 29 heavy (non-hydrogen) atoms. The van der Waals surface area contributed by atoms with Crippen molar-refractivity contribution in [3.8, 4) is 5.82 Å². The normalized spacial score (nSPS) is 18.9. The van der Waals surface area contributed by atoms with Gasteiger partial charge in [-0.15, -0.1) is 5.10 Å². The van der Waals surface area contributed by atoms with Gasteiger partial charge in [0.2, 0.25) is 0 Å². The van der Waals surface area contributed by atoms with Crippen molar-refractivity contribution in [3.63, 3.8) is 0 Å². The number of para-hydroxylation sites is 1. The van der Waals surface area contributed by atoms with Gasteiger partial charge >= 0.3 is 0 Å². The number of aromatic amines is 1. The van der Waals surface area contributed by atoms with Gasteiger partial charge in [0.25, 0.3) is 11.5 Å². The van der Waals surface area contributed by atoms with Gasteiger partial charge < -0.3 is 15.0 Å². The maximum atomic E-state index is 12.8. The molecule has 1 amide bonds. The van der Waals surface area contributed by atoms with Crippen LogP contribution in [0.4, 0.5) is 0 Å². The van der Waals surface area contributed by atoms with Crippen LogP contribution in [0.1, 0.15) is 16.5 Å². The summed E-state index contributed by atoms with van der Waals surface area (Å²) >= 11 is 0. The van der Waals surface area contributed by atoms with Crippen molar-refractivity contribution in [1.29, 1.82) is 0 Å². The zero-order valence-electron chi connectivity index (χ0n) is 15.4. The molecule has 0 radical (unpaired) electrons. The van der Waals surface area contributed by atoms with E-state index in [0.29, 0.717) is 18.1 Å². The fraction of sp³-hybridized carbons (Fsp3) is 0.200. The molecule has 146 valence electrons. The van der Waals surface area contributed by atoms with Gasteiger partial charge in [-0.3, -0.25) is 9.59 Å². The second kappa shape index (κ2) is 7.02. The van der Waals surface area contributed by atoms with E-state index in [1.807, 2.05) is 24.3 Å². The highest BCUT2D eigenvalue weighted by Gasteiger charge is 2.33. The van der Waals surface area contributed by atoms with Crippen molar-refractivity contribution in [3.05, 3.63) is 77.0 Å². The van der Waals surface area contributed by atoms with Crippen LogP contribution in [0.5, 0.6) is 0 Å². The van der Waals surface area contributed by atoms with E-state index in [0.717, 1.165) is 10.9 Å². The summed E-state index contributed by atoms with van der Waals surface area (Å²) in [5, 5.41) is 12.5. The van der Waals surface area contributed by atoms with Crippen molar-refractivity contribution in [2.75, 3.05) is 13.2 Å². The Morgan fingerprint density at radius 1 is 1.17 bits per heavy atom. The van der Waals surface area contributed by atoms with Gasteiger partial charge in [0.1, 0.15) is 11.7 Å². The summed E-state index contributed by atoms with van der Waals surface area (Å²) in [5.74, 6) is 0.264. The van der Waals surface area contributed by atoms with Crippen molar-refractivity contribution in [2.24, 2.45) is 0 Å². The van der Waals surface area contributed by atoms with Crippen LogP contribution < -0.4 is 10.9 Å². The lowest BCUT2D eigenvalue weighted by atomic mass is 10.1. The van der Waals surface area contributed by atoms with Gasteiger partial charge in [0.05, 0.1) is 19.3 Å². The van der Waals surface area contributed by atoms with Gasteiger partial charge in [-0.05, 0) is 24.3 Å². The smallest absolute Gasteiger partial charge is 0.268 e. The molecule has 0 aliphatic carbocycles. The Balaban J connectivity index is 1.41. The average molecular weight is 390 g/mol. The van der Waals surface area contributed by atoms with E-state index in [-0.39, 0.29) is 24.1 Å². The molecule has 1 aliphatic rings. The number of nitrogens with one attached hydrogen (secondary N) is 2. The second-order valence-electron chi connectivity index (χ2n) is 6.88. The highest BCUT2D eigenvalue weighted by molar-refractivity contribution is 5.98. The number of rotatable bonds is 4. The number of carbonyl (C=O) groups is 1. The lowest BCUT2D eigenvalue weighted by Gasteiger charge is -2.20. The molecule has 0 bridgehead atoms. The van der Waals surface area contributed by atoms with E-state index in [1.54, 1.807) is 35.3 Å². The van der Waals surface area contributed by atoms with Gasteiger partial charge in [0, 0.05) is 29.4 Å². The summed E-state index contributed by atoms with van der Waals surface area (Å²) in [6.45, 7) is 0.587. The number of benzene rings is 1. The molecule has 1 fully saturated rings. The molecule has 1 saturated heterocycles. The molecule has 1 aromatic carbocycles. The van der Waals surface area contributed by atoms with Gasteiger partial charge in [-0.1, -0.05) is 18.2 Å². The molecule has 5 rings (SSSR count). The van der Waals surface area contributed by atoms with Gasteiger partial charge in [-0.25, -0.2) is 9.36 Å². The highest BCUT2D eigenvalue weighted by Crippen LogP contribution is 2.19. The molecule has 1 aliphatic heterocycles. The third kappa shape index (κ3) is 3.21. The summed E-state index contributed by atoms with van der Waals surface area (Å²) in [4.78, 5) is 28.3. The number of aromatic nitrogens is 5. The summed E-state index contributed by atoms with van der Waals surface area (Å²) in [7, 11) is 0. The average Bonchev–Trinajstić information content (AvgIpc) is 3.48. The van der Waals surface area contributed by atoms with E-state index in [4.69, 9.17) is 4.74 Å². The Labute approximate surface area is 164 Å². The number of H-pyrrole nitrogens is 1. The number of ether oxygens (including phenoxy) is 1. The van der Waals surface area contributed by atoms with Crippen molar-refractivity contribution in [2.45, 2.75) is 12.1 Å². The quantitative estimate of drug-likeness (QED) is 0.546. The van der Waals surface area contributed by atoms with E-state index in [1.165, 1.54) is 10.7 Å². The van der Waals surface area contributed by atoms with E-state index < -0.39 is 6.04 Å². The van der Waals surface area contributed by atoms with E-state index in [2.05, 4.69) is 20.5 Å². The predicted molar refractivity (Wildman–Crippen MR) is 105 cm³/mol. The van der Waals surface area contributed by atoms with Crippen LogP contribution in [0.15, 0.2) is 65.7 Å². The van der Waals surface area contributed by atoms with Crippen LogP contribution >= 0.6 is 0 Å². The van der Waals surface area contributed by atoms with Crippen LogP contribution in [-0.2, 0) is 4.74 Å². The minimum atomic E-state index is -0.411. The van der Waals surface area contributed by atoms with E-state index >= 15 is 0 Å². The lowest BCUT2D eigenvalue weighted by molar-refractivity contribution is 0.0920. The zero-order valence-corrected chi connectivity index (χ0v) is 15.4. The lowest BCUT2D eigenvalue weighted by Crippen LogP contribution is -2.44. The van der Waals surface area contributed by atoms with Gasteiger partial charge in [-0.2, -0.15) is 5.10 Å². The van der Waals surface area contributed by atoms with Crippen molar-refractivity contribution in [1.82, 2.24) is 29.9 Å². The summed E-state index contributed by atoms with van der Waals surface area (Å²) in [6, 6.07) is 13.5. The number of amides is 1. The molecule has 4 heterocycles. The van der Waals surface area contributed by atoms with Crippen LogP contribution in [-0.4, -0.2) is 49.7 Å². The number of carbonyl (C=O) groups excluding carboxylic acids is 1. The molecule has 0 spiro atoms. The third-order valence-corrected chi connectivity index (χ3v) is 5.01. The Hall–Kier alpha value is -3.72. The molecule has 2 unspecified atom stereocenters. The van der Waals surface area contributed by atoms with Crippen LogP contribution in [0.25, 0.3) is 16.7 Å². The maximum absolute atomic E-state index is 12.8. The van der Waals surface area contributed by atoms with Crippen LogP contribution in [0, 0.1) is 0 Å². The summed E-state index contributed by atoms with van der Waals surface area (Å²) in [5.41, 5.74) is 1.09. The first-order chi connectivity index (χ1) is 14.2. The first kappa shape index (κ1) is 17.4. The third-order valence-electron chi connectivity index (χ3n) is 5.01. The highest BCUT2D eigenvalue weighted by atomic mass is 16.5. The molecule has 2 atom stereocenters. The Morgan fingerprint density at radius 3 is 2.90 bits per heavy atom. The zero-order chi connectivity index (χ0) is 19.8. The Morgan fingerprint density at radius 2 is 2.07 bits per heavy atom. The molecular weight excluding hydrogens is 372 g/mol. The standard InChI is InChI=1S/C20H18N6O3/c27-19-7-6-18(25-9-3-8-21-25)24-26(19)17-12-29-11-16(17)23-20(28)15-10-13-4-1-2-5-14(13)22-15/h1-10,16-17,22H,11-12H2,(H,23,28). The van der Waals surface area contributed by atoms with Crippen molar-refractivity contribution < 1.29 is 9.53 Å². The number of fused-ring (bicyclic) bond motifs is 1. The molecule has 2 N–H and O–H groups in total. The number of hydrogen-bond donors (Lipinski definition) is 2. The van der Waals surface area contributed by atoms with Gasteiger partial charge in [0.15, 0.2) is 5.82 Å². The topological polar surface area (TPSA) is 107 Å². The molecule has 4 aromatic rings. The predicted octanol–water partition coefficient (Wildman–Crippen LogP) is 1.28. The SMILES string of the molecule is O=C(NC1COCC1n1nc(-n2cccn2)ccc1=O)c1cc2ccccc2[nH]1. The molecular formula is C20H18N6O3. The number of hydrogen-bond acceptors (Lipinski definition) is 5. The molecule has 0 saturated carbocycles. The fourth-order valence-electron chi connectivity index (χ4n) is 3.54. The second-order valence-corrected chi connectivity index (χ2v) is 6.88. The van der Waals surface area contributed by atoms with Crippen LogP contribution in [0.3, 0.4) is 0 Å². The van der Waals surface area contributed by atoms with Crippen LogP contribution in [0.2, 0.25) is 0 Å². The first-order valence-corrected chi connectivity index (χ1v) is 9.25. The van der Waals surface area contributed by atoms with E-state index in [9.17, 15) is 9.59 Å². The summed E-state index contributed by atoms with van der Waals surface area (Å²) < 4.78 is 8.49. The number of nitrogens with zero attached hydrogens (tertiary/aromatic N) is 4. The maximum Gasteiger partial charge on any atom is 0.268 e. The summed E-state index contributed by atoms with van der Waals surface area (Å²) in [6.07, 6.45) is 3.39. The fourth-order valence-corrected chi connectivity index (χ4v) is 3.54. The largest absolute Gasteiger partial charge is 0.377 e. The Bertz CT molecular complexity index is 1190. The molecule has 3 aromatic heterocycles. The minimum absolute atomic E-state index is 0.252. The van der Waals surface area contributed by atoms with Crippen molar-refractivity contribution >= 4 is 16.8 Å². The molecule has 9 heteroatoms. The first-order valence-electron chi connectivity index (χ1n) is 9.25. The molecule has 9 nitrogen and oxygen atoms in total. The monoisotopic (exact) mass is 390 g/mol. The minimum Gasteiger partial charge on any atom is -0.377 e.